The molecule has 0 saturated carbocycles. The molecule has 2 aliphatic heterocycles. The highest BCUT2D eigenvalue weighted by atomic mass is 16.5. The van der Waals surface area contributed by atoms with Gasteiger partial charge in [0.15, 0.2) is 0 Å². The zero-order chi connectivity index (χ0) is 17.1. The molecule has 0 spiro atoms. The Morgan fingerprint density at radius 3 is 2.71 bits per heavy atom. The first-order chi connectivity index (χ1) is 11.5. The number of carbonyl (C=O) groups excluding carboxylic acids is 2. The lowest BCUT2D eigenvalue weighted by Gasteiger charge is -2.24. The molecule has 24 heavy (non-hydrogen) atoms. The van der Waals surface area contributed by atoms with Gasteiger partial charge in [-0.1, -0.05) is 0 Å². The lowest BCUT2D eigenvalue weighted by Crippen LogP contribution is -2.41. The van der Waals surface area contributed by atoms with Crippen molar-refractivity contribution in [3.63, 3.8) is 0 Å². The number of hydrogen-bond acceptors (Lipinski definition) is 5. The zero-order valence-corrected chi connectivity index (χ0v) is 14.1. The minimum absolute atomic E-state index is 0.0108. The maximum atomic E-state index is 12.5. The van der Waals surface area contributed by atoms with Gasteiger partial charge in [-0.05, 0) is 19.8 Å². The predicted octanol–water partition coefficient (Wildman–Crippen LogP) is -0.129. The summed E-state index contributed by atoms with van der Waals surface area (Å²) in [7, 11) is 0. The van der Waals surface area contributed by atoms with Crippen molar-refractivity contribution in [2.75, 3.05) is 45.1 Å². The summed E-state index contributed by atoms with van der Waals surface area (Å²) in [6.07, 6.45) is 1.59. The molecular weight excluding hydrogens is 310 g/mol. The second kappa shape index (κ2) is 7.21. The number of carbonyl (C=O) groups is 2. The Morgan fingerprint density at radius 2 is 2.04 bits per heavy atom. The van der Waals surface area contributed by atoms with Crippen LogP contribution in [0.1, 0.15) is 18.5 Å². The summed E-state index contributed by atoms with van der Waals surface area (Å²) in [5, 5.41) is 4.23. The van der Waals surface area contributed by atoms with E-state index in [2.05, 4.69) is 5.10 Å². The maximum absolute atomic E-state index is 12.5. The van der Waals surface area contributed by atoms with Crippen molar-refractivity contribution in [2.45, 2.75) is 26.3 Å². The van der Waals surface area contributed by atoms with E-state index in [9.17, 15) is 9.59 Å². The van der Waals surface area contributed by atoms with E-state index in [0.29, 0.717) is 45.2 Å². The first-order valence-corrected chi connectivity index (χ1v) is 8.49. The molecule has 0 bridgehead atoms. The van der Waals surface area contributed by atoms with E-state index in [1.807, 2.05) is 11.8 Å². The molecule has 0 radical (unpaired) electrons. The number of aryl methyl sites for hydroxylation is 1. The van der Waals surface area contributed by atoms with Crippen LogP contribution in [0.2, 0.25) is 0 Å². The van der Waals surface area contributed by atoms with Crippen molar-refractivity contribution in [1.82, 2.24) is 19.6 Å². The monoisotopic (exact) mass is 335 g/mol. The Morgan fingerprint density at radius 1 is 1.29 bits per heavy atom. The summed E-state index contributed by atoms with van der Waals surface area (Å²) in [6, 6.07) is 1.75. The molecular formula is C16H25N5O3. The Labute approximate surface area is 141 Å². The van der Waals surface area contributed by atoms with Crippen LogP contribution in [0, 0.1) is 12.8 Å². The molecule has 3 rings (SSSR count). The second-order valence-corrected chi connectivity index (χ2v) is 6.49. The number of ether oxygens (including phenoxy) is 1. The Balaban J connectivity index is 1.55. The highest BCUT2D eigenvalue weighted by Gasteiger charge is 2.29. The molecule has 2 aliphatic rings. The normalized spacial score (nSPS) is 21.8. The van der Waals surface area contributed by atoms with Gasteiger partial charge in [-0.3, -0.25) is 9.59 Å². The topological polar surface area (TPSA) is 93.7 Å². The summed E-state index contributed by atoms with van der Waals surface area (Å²) in [5.74, 6) is 0.629. The van der Waals surface area contributed by atoms with E-state index in [4.69, 9.17) is 10.5 Å². The number of nitrogens with zero attached hydrogens (tertiary/aromatic N) is 4. The first kappa shape index (κ1) is 16.8. The zero-order valence-electron chi connectivity index (χ0n) is 14.1. The number of hydrogen-bond donors (Lipinski definition) is 1. The molecule has 1 aromatic heterocycles. The summed E-state index contributed by atoms with van der Waals surface area (Å²) < 4.78 is 6.83. The average molecular weight is 335 g/mol. The molecule has 2 saturated heterocycles. The van der Waals surface area contributed by atoms with Gasteiger partial charge in [0, 0.05) is 38.9 Å². The molecule has 2 N–H and O–H groups in total. The lowest BCUT2D eigenvalue weighted by molar-refractivity contribution is -0.136. The molecule has 3 heterocycles. The van der Waals surface area contributed by atoms with Gasteiger partial charge in [-0.15, -0.1) is 0 Å². The number of nitrogens with two attached hydrogens (primary N) is 1. The van der Waals surface area contributed by atoms with Crippen LogP contribution < -0.4 is 5.73 Å². The van der Waals surface area contributed by atoms with E-state index < -0.39 is 0 Å². The molecule has 0 aliphatic carbocycles. The van der Waals surface area contributed by atoms with Crippen molar-refractivity contribution in [2.24, 2.45) is 5.92 Å². The summed E-state index contributed by atoms with van der Waals surface area (Å²) in [6.45, 7) is 5.66. The third-order valence-corrected chi connectivity index (χ3v) is 4.66. The summed E-state index contributed by atoms with van der Waals surface area (Å²) in [5.41, 5.74) is 6.64. The molecule has 132 valence electrons. The van der Waals surface area contributed by atoms with Gasteiger partial charge in [0.2, 0.25) is 11.8 Å². The van der Waals surface area contributed by atoms with Gasteiger partial charge in [0.1, 0.15) is 12.4 Å². The average Bonchev–Trinajstić information content (AvgIpc) is 3.10. The predicted molar refractivity (Wildman–Crippen MR) is 88.1 cm³/mol. The lowest BCUT2D eigenvalue weighted by atomic mass is 10.1. The number of amides is 2. The molecule has 8 heteroatoms. The molecule has 1 aromatic rings. The van der Waals surface area contributed by atoms with E-state index in [1.165, 1.54) is 4.68 Å². The van der Waals surface area contributed by atoms with Crippen molar-refractivity contribution in [3.05, 3.63) is 11.8 Å². The Kier molecular flexibility index (Phi) is 5.03. The van der Waals surface area contributed by atoms with E-state index in [-0.39, 0.29) is 24.3 Å². The van der Waals surface area contributed by atoms with Crippen LogP contribution >= 0.6 is 0 Å². The Bertz CT molecular complexity index is 609. The molecule has 1 unspecified atom stereocenters. The molecule has 0 aromatic carbocycles. The van der Waals surface area contributed by atoms with Gasteiger partial charge in [0.25, 0.3) is 0 Å². The number of aromatic nitrogens is 2. The van der Waals surface area contributed by atoms with Crippen LogP contribution in [-0.2, 0) is 20.9 Å². The van der Waals surface area contributed by atoms with Crippen LogP contribution in [0.5, 0.6) is 0 Å². The van der Waals surface area contributed by atoms with Crippen LogP contribution in [0.15, 0.2) is 6.07 Å². The van der Waals surface area contributed by atoms with Crippen LogP contribution in [0.4, 0.5) is 5.82 Å². The second-order valence-electron chi connectivity index (χ2n) is 6.49. The first-order valence-electron chi connectivity index (χ1n) is 8.49. The van der Waals surface area contributed by atoms with Gasteiger partial charge >= 0.3 is 0 Å². The fraction of sp³-hybridized carbons (Fsp3) is 0.688. The molecule has 1 atom stereocenters. The van der Waals surface area contributed by atoms with Gasteiger partial charge in [-0.2, -0.15) is 5.10 Å². The fourth-order valence-corrected chi connectivity index (χ4v) is 3.30. The standard InChI is InChI=1S/C16H25N5O3/c1-12-9-14(17)21(18-12)10-15(22)19-4-2-5-20(7-6-19)16(23)13-3-8-24-11-13/h9,13H,2-8,10-11,17H2,1H3. The minimum Gasteiger partial charge on any atom is -0.384 e. The molecule has 8 nitrogen and oxygen atoms in total. The van der Waals surface area contributed by atoms with Crippen molar-refractivity contribution < 1.29 is 14.3 Å². The summed E-state index contributed by atoms with van der Waals surface area (Å²) >= 11 is 0. The van der Waals surface area contributed by atoms with Crippen LogP contribution in [-0.4, -0.2) is 70.8 Å². The van der Waals surface area contributed by atoms with Crippen molar-refractivity contribution >= 4 is 17.6 Å². The van der Waals surface area contributed by atoms with Gasteiger partial charge in [-0.25, -0.2) is 4.68 Å². The van der Waals surface area contributed by atoms with E-state index in [0.717, 1.165) is 18.5 Å². The van der Waals surface area contributed by atoms with E-state index in [1.54, 1.807) is 11.0 Å². The highest BCUT2D eigenvalue weighted by Crippen LogP contribution is 2.17. The minimum atomic E-state index is -0.0147. The van der Waals surface area contributed by atoms with Gasteiger partial charge < -0.3 is 20.3 Å². The van der Waals surface area contributed by atoms with Crippen molar-refractivity contribution in [1.29, 1.82) is 0 Å². The van der Waals surface area contributed by atoms with Crippen molar-refractivity contribution in [3.8, 4) is 0 Å². The number of rotatable bonds is 3. The Hall–Kier alpha value is -2.09. The highest BCUT2D eigenvalue weighted by molar-refractivity contribution is 5.80. The van der Waals surface area contributed by atoms with Crippen LogP contribution in [0.3, 0.4) is 0 Å². The third kappa shape index (κ3) is 3.69. The van der Waals surface area contributed by atoms with Gasteiger partial charge in [0.05, 0.1) is 18.2 Å². The summed E-state index contributed by atoms with van der Waals surface area (Å²) in [4.78, 5) is 28.7. The van der Waals surface area contributed by atoms with Crippen LogP contribution in [0.25, 0.3) is 0 Å². The number of anilines is 1. The third-order valence-electron chi connectivity index (χ3n) is 4.66. The van der Waals surface area contributed by atoms with E-state index >= 15 is 0 Å². The fourth-order valence-electron chi connectivity index (χ4n) is 3.30. The SMILES string of the molecule is Cc1cc(N)n(CC(=O)N2CCCN(C(=O)C3CCOC3)CC2)n1. The largest absolute Gasteiger partial charge is 0.384 e. The number of nitrogen functional groups attached to an aromatic ring is 1. The molecule has 2 fully saturated rings. The quantitative estimate of drug-likeness (QED) is 0.830. The smallest absolute Gasteiger partial charge is 0.244 e. The molecule has 2 amide bonds. The maximum Gasteiger partial charge on any atom is 0.244 e.